The molecule has 1 atom stereocenters. The van der Waals surface area contributed by atoms with Crippen LogP contribution in [0, 0.1) is 0 Å². The van der Waals surface area contributed by atoms with E-state index in [1.54, 1.807) is 23.7 Å². The topological polar surface area (TPSA) is 50.2 Å². The number of carbonyl (C=O) groups is 1. The number of rotatable bonds is 5. The number of carboxylic acid groups (broad SMARTS) is 1. The molecule has 0 amide bonds. The minimum Gasteiger partial charge on any atom is -0.481 e. The molecule has 0 aliphatic carbocycles. The normalized spacial score (nSPS) is 12.2. The van der Waals surface area contributed by atoms with Gasteiger partial charge in [0.05, 0.1) is 6.42 Å². The number of aromatic nitrogens is 1. The van der Waals surface area contributed by atoms with Gasteiger partial charge in [-0.15, -0.1) is 11.3 Å². The summed E-state index contributed by atoms with van der Waals surface area (Å²) in [6.45, 7) is 0. The van der Waals surface area contributed by atoms with Gasteiger partial charge in [0, 0.05) is 17.3 Å². The lowest BCUT2D eigenvalue weighted by molar-refractivity contribution is -0.137. The minimum absolute atomic E-state index is 0.0224. The first-order valence-electron chi connectivity index (χ1n) is 5.40. The second-order valence-corrected chi connectivity index (χ2v) is 4.89. The predicted octanol–water partition coefficient (Wildman–Crippen LogP) is 2.94. The van der Waals surface area contributed by atoms with Gasteiger partial charge in [0.25, 0.3) is 0 Å². The van der Waals surface area contributed by atoms with E-state index in [4.69, 9.17) is 5.11 Å². The van der Waals surface area contributed by atoms with E-state index in [0.29, 0.717) is 0 Å². The average molecular weight is 247 g/mol. The van der Waals surface area contributed by atoms with E-state index >= 15 is 0 Å². The second-order valence-electron chi connectivity index (χ2n) is 3.86. The molecule has 3 nitrogen and oxygen atoms in total. The maximum Gasteiger partial charge on any atom is 0.303 e. The first-order chi connectivity index (χ1) is 8.25. The van der Waals surface area contributed by atoms with E-state index in [-0.39, 0.29) is 12.3 Å². The van der Waals surface area contributed by atoms with Crippen LogP contribution in [-0.2, 0) is 11.2 Å². The zero-order valence-electron chi connectivity index (χ0n) is 9.24. The van der Waals surface area contributed by atoms with Gasteiger partial charge in [-0.25, -0.2) is 0 Å². The average Bonchev–Trinajstić information content (AvgIpc) is 2.82. The van der Waals surface area contributed by atoms with E-state index in [1.165, 1.54) is 4.88 Å². The molecule has 0 radical (unpaired) electrons. The van der Waals surface area contributed by atoms with Crippen molar-refractivity contribution in [1.29, 1.82) is 0 Å². The van der Waals surface area contributed by atoms with Crippen molar-refractivity contribution >= 4 is 17.3 Å². The zero-order chi connectivity index (χ0) is 12.1. The molecule has 0 bridgehead atoms. The van der Waals surface area contributed by atoms with Gasteiger partial charge >= 0.3 is 5.97 Å². The summed E-state index contributed by atoms with van der Waals surface area (Å²) in [6.07, 6.45) is 4.34. The Morgan fingerprint density at radius 2 is 2.12 bits per heavy atom. The maximum absolute atomic E-state index is 10.9. The lowest BCUT2D eigenvalue weighted by Gasteiger charge is -2.13. The Kier molecular flexibility index (Phi) is 3.88. The summed E-state index contributed by atoms with van der Waals surface area (Å²) >= 11 is 1.66. The summed E-state index contributed by atoms with van der Waals surface area (Å²) in [5.41, 5.74) is 1.04. The van der Waals surface area contributed by atoms with Crippen LogP contribution < -0.4 is 0 Å². The molecule has 0 spiro atoms. The highest BCUT2D eigenvalue weighted by molar-refractivity contribution is 7.09. The SMILES string of the molecule is O=C(O)CC(Cc1cccs1)c1ccncc1. The Labute approximate surface area is 104 Å². The summed E-state index contributed by atoms with van der Waals surface area (Å²) in [5.74, 6) is -0.738. The molecule has 1 N–H and O–H groups in total. The fourth-order valence-corrected chi connectivity index (χ4v) is 2.61. The molecule has 0 saturated carbocycles. The minimum atomic E-state index is -0.761. The van der Waals surface area contributed by atoms with Crippen molar-refractivity contribution in [1.82, 2.24) is 4.98 Å². The van der Waals surface area contributed by atoms with Crippen molar-refractivity contribution in [2.75, 3.05) is 0 Å². The third-order valence-electron chi connectivity index (χ3n) is 2.63. The van der Waals surface area contributed by atoms with Crippen LogP contribution in [0.5, 0.6) is 0 Å². The van der Waals surface area contributed by atoms with Gasteiger partial charge in [0.2, 0.25) is 0 Å². The number of thiophene rings is 1. The molecule has 2 aromatic rings. The molecule has 0 aromatic carbocycles. The summed E-state index contributed by atoms with van der Waals surface area (Å²) in [6, 6.07) is 7.81. The summed E-state index contributed by atoms with van der Waals surface area (Å²) in [7, 11) is 0. The van der Waals surface area contributed by atoms with Gasteiger partial charge in [-0.2, -0.15) is 0 Å². The van der Waals surface area contributed by atoms with Crippen molar-refractivity contribution in [2.24, 2.45) is 0 Å². The number of hydrogen-bond donors (Lipinski definition) is 1. The standard InChI is InChI=1S/C13H13NO2S/c15-13(16)9-11(8-12-2-1-7-17-12)10-3-5-14-6-4-10/h1-7,11H,8-9H2,(H,15,16). The Morgan fingerprint density at radius 3 is 2.71 bits per heavy atom. The number of carboxylic acids is 1. The van der Waals surface area contributed by atoms with Gasteiger partial charge in [-0.1, -0.05) is 6.07 Å². The van der Waals surface area contributed by atoms with Crippen LogP contribution in [0.2, 0.25) is 0 Å². The van der Waals surface area contributed by atoms with Crippen molar-refractivity contribution in [3.8, 4) is 0 Å². The van der Waals surface area contributed by atoms with Gasteiger partial charge in [0.1, 0.15) is 0 Å². The van der Waals surface area contributed by atoms with Crippen molar-refractivity contribution < 1.29 is 9.90 Å². The smallest absolute Gasteiger partial charge is 0.303 e. The van der Waals surface area contributed by atoms with E-state index in [0.717, 1.165) is 12.0 Å². The van der Waals surface area contributed by atoms with Crippen LogP contribution in [0.3, 0.4) is 0 Å². The molecule has 2 heterocycles. The van der Waals surface area contributed by atoms with Crippen LogP contribution in [0.25, 0.3) is 0 Å². The van der Waals surface area contributed by atoms with Crippen molar-refractivity contribution in [3.05, 3.63) is 52.5 Å². The molecule has 0 fully saturated rings. The molecule has 0 saturated heterocycles. The quantitative estimate of drug-likeness (QED) is 0.883. The van der Waals surface area contributed by atoms with Gasteiger partial charge < -0.3 is 5.11 Å². The van der Waals surface area contributed by atoms with Crippen molar-refractivity contribution in [2.45, 2.75) is 18.8 Å². The highest BCUT2D eigenvalue weighted by Gasteiger charge is 2.16. The molecule has 17 heavy (non-hydrogen) atoms. The molecule has 2 aromatic heterocycles. The van der Waals surface area contributed by atoms with E-state index < -0.39 is 5.97 Å². The lowest BCUT2D eigenvalue weighted by atomic mass is 9.93. The fourth-order valence-electron chi connectivity index (χ4n) is 1.83. The number of hydrogen-bond acceptors (Lipinski definition) is 3. The first kappa shape index (κ1) is 11.8. The molecule has 2 rings (SSSR count). The molecule has 88 valence electrons. The second kappa shape index (κ2) is 5.59. The van der Waals surface area contributed by atoms with Crippen molar-refractivity contribution in [3.63, 3.8) is 0 Å². The number of pyridine rings is 1. The largest absolute Gasteiger partial charge is 0.481 e. The zero-order valence-corrected chi connectivity index (χ0v) is 10.1. The molecule has 4 heteroatoms. The molecule has 1 unspecified atom stereocenters. The molecule has 0 aliphatic rings. The molecule has 0 aliphatic heterocycles. The molecular formula is C13H13NO2S. The highest BCUT2D eigenvalue weighted by atomic mass is 32.1. The third-order valence-corrected chi connectivity index (χ3v) is 3.52. The van der Waals surface area contributed by atoms with Crippen LogP contribution in [-0.4, -0.2) is 16.1 Å². The maximum atomic E-state index is 10.9. The summed E-state index contributed by atoms with van der Waals surface area (Å²) in [5, 5.41) is 11.0. The van der Waals surface area contributed by atoms with Gasteiger partial charge in [0.15, 0.2) is 0 Å². The van der Waals surface area contributed by atoms with Crippen LogP contribution >= 0.6 is 11.3 Å². The molecular weight excluding hydrogens is 234 g/mol. The van der Waals surface area contributed by atoms with E-state index in [9.17, 15) is 4.79 Å². The summed E-state index contributed by atoms with van der Waals surface area (Å²) < 4.78 is 0. The first-order valence-corrected chi connectivity index (χ1v) is 6.28. The number of aliphatic carboxylic acids is 1. The van der Waals surface area contributed by atoms with Crippen LogP contribution in [0.4, 0.5) is 0 Å². The van der Waals surface area contributed by atoms with E-state index in [1.807, 2.05) is 29.6 Å². The Hall–Kier alpha value is -1.68. The Bertz CT molecular complexity index is 467. The predicted molar refractivity (Wildman–Crippen MR) is 67.3 cm³/mol. The van der Waals surface area contributed by atoms with Gasteiger partial charge in [-0.05, 0) is 41.5 Å². The van der Waals surface area contributed by atoms with Crippen LogP contribution in [0.15, 0.2) is 42.0 Å². The monoisotopic (exact) mass is 247 g/mol. The Balaban J connectivity index is 2.16. The fraction of sp³-hybridized carbons (Fsp3) is 0.231. The Morgan fingerprint density at radius 1 is 1.35 bits per heavy atom. The highest BCUT2D eigenvalue weighted by Crippen LogP contribution is 2.25. The lowest BCUT2D eigenvalue weighted by Crippen LogP contribution is -2.08. The third kappa shape index (κ3) is 3.39. The van der Waals surface area contributed by atoms with E-state index in [2.05, 4.69) is 4.98 Å². The summed E-state index contributed by atoms with van der Waals surface area (Å²) in [4.78, 5) is 16.1. The number of nitrogens with zero attached hydrogens (tertiary/aromatic N) is 1. The van der Waals surface area contributed by atoms with Gasteiger partial charge in [-0.3, -0.25) is 9.78 Å². The van der Waals surface area contributed by atoms with Crippen LogP contribution in [0.1, 0.15) is 22.8 Å².